The molecule has 0 bridgehead atoms. The number of hydrogen-bond donors (Lipinski definition) is 2. The van der Waals surface area contributed by atoms with Crippen LogP contribution in [0.25, 0.3) is 0 Å². The summed E-state index contributed by atoms with van der Waals surface area (Å²) in [5.74, 6) is -1.77. The maximum absolute atomic E-state index is 12.7. The predicted molar refractivity (Wildman–Crippen MR) is 96.7 cm³/mol. The van der Waals surface area contributed by atoms with Crippen molar-refractivity contribution in [2.45, 2.75) is 46.3 Å². The highest BCUT2D eigenvalue weighted by Gasteiger charge is 2.34. The molecule has 0 radical (unpaired) electrons. The highest BCUT2D eigenvalue weighted by atomic mass is 16.6. The molecule has 0 aliphatic carbocycles. The van der Waals surface area contributed by atoms with Crippen LogP contribution in [-0.2, 0) is 9.53 Å². The van der Waals surface area contributed by atoms with Gasteiger partial charge < -0.3 is 25.2 Å². The molecule has 0 fully saturated rings. The molecule has 0 unspecified atom stereocenters. The predicted octanol–water partition coefficient (Wildman–Crippen LogP) is 2.04. The number of carbonyl (C=O) groups is 2. The van der Waals surface area contributed by atoms with E-state index in [1.54, 1.807) is 13.8 Å². The number of ether oxygens (including phenoxy) is 2. The first-order valence-corrected chi connectivity index (χ1v) is 8.80. The molecule has 10 heteroatoms. The van der Waals surface area contributed by atoms with Crippen LogP contribution >= 0.6 is 0 Å². The standard InChI is InChI=1S/C18H23N3O7/c1-5-9(3)28-17(23)14-10(4)19-18(24)20-15(14)11-7-12(21(25)26)16(22)13(8-11)27-6-2/h7-9,15,22H,5-6H2,1-4H3,(H2,19,20,24)/p-1/t9-,15+/m0/s1. The second-order valence-corrected chi connectivity index (χ2v) is 6.25. The fourth-order valence-electron chi connectivity index (χ4n) is 2.72. The van der Waals surface area contributed by atoms with Gasteiger partial charge in [-0.15, -0.1) is 0 Å². The highest BCUT2D eigenvalue weighted by molar-refractivity contribution is 5.95. The summed E-state index contributed by atoms with van der Waals surface area (Å²) in [6.07, 6.45) is 0.233. The molecular weight excluding hydrogens is 370 g/mol. The summed E-state index contributed by atoms with van der Waals surface area (Å²) in [7, 11) is 0. The van der Waals surface area contributed by atoms with Crippen molar-refractivity contribution >= 4 is 17.7 Å². The number of esters is 1. The second kappa shape index (κ2) is 8.59. The third kappa shape index (κ3) is 4.33. The molecule has 10 nitrogen and oxygen atoms in total. The van der Waals surface area contributed by atoms with Crippen molar-refractivity contribution in [3.63, 3.8) is 0 Å². The molecule has 1 aromatic carbocycles. The van der Waals surface area contributed by atoms with E-state index in [0.29, 0.717) is 6.42 Å². The zero-order chi connectivity index (χ0) is 21.0. The molecule has 152 valence electrons. The Morgan fingerprint density at radius 3 is 2.61 bits per heavy atom. The van der Waals surface area contributed by atoms with E-state index in [2.05, 4.69) is 10.6 Å². The second-order valence-electron chi connectivity index (χ2n) is 6.25. The lowest BCUT2D eigenvalue weighted by atomic mass is 9.94. The van der Waals surface area contributed by atoms with Crippen molar-refractivity contribution in [2.75, 3.05) is 6.61 Å². The van der Waals surface area contributed by atoms with Crippen LogP contribution in [0.4, 0.5) is 10.5 Å². The van der Waals surface area contributed by atoms with E-state index in [0.717, 1.165) is 6.07 Å². The number of nitro groups is 1. The van der Waals surface area contributed by atoms with E-state index < -0.39 is 34.4 Å². The Morgan fingerprint density at radius 2 is 2.04 bits per heavy atom. The van der Waals surface area contributed by atoms with Gasteiger partial charge in [-0.1, -0.05) is 6.92 Å². The zero-order valence-corrected chi connectivity index (χ0v) is 16.0. The largest absolute Gasteiger partial charge is 0.865 e. The van der Waals surface area contributed by atoms with Gasteiger partial charge >= 0.3 is 12.0 Å². The minimum absolute atomic E-state index is 0.0929. The van der Waals surface area contributed by atoms with Crippen molar-refractivity contribution in [1.29, 1.82) is 0 Å². The Hall–Kier alpha value is -3.30. The average molecular weight is 392 g/mol. The van der Waals surface area contributed by atoms with Gasteiger partial charge in [0.05, 0.1) is 29.2 Å². The number of amides is 2. The minimum atomic E-state index is -1.04. The summed E-state index contributed by atoms with van der Waals surface area (Å²) in [5, 5.41) is 28.5. The number of nitro benzene ring substituents is 1. The molecule has 2 amide bonds. The molecule has 1 aliphatic heterocycles. The summed E-state index contributed by atoms with van der Waals surface area (Å²) in [5.41, 5.74) is -0.190. The Morgan fingerprint density at radius 1 is 1.36 bits per heavy atom. The molecule has 2 N–H and O–H groups in total. The van der Waals surface area contributed by atoms with Crippen molar-refractivity contribution < 1.29 is 29.1 Å². The van der Waals surface area contributed by atoms with Crippen LogP contribution in [0.1, 0.15) is 45.7 Å². The zero-order valence-electron chi connectivity index (χ0n) is 16.0. The normalized spacial score (nSPS) is 17.4. The summed E-state index contributed by atoms with van der Waals surface area (Å²) in [4.78, 5) is 35.1. The van der Waals surface area contributed by atoms with Gasteiger partial charge in [0.25, 0.3) is 5.69 Å². The average Bonchev–Trinajstić information content (AvgIpc) is 2.62. The van der Waals surface area contributed by atoms with Crippen LogP contribution in [-0.4, -0.2) is 29.6 Å². The monoisotopic (exact) mass is 392 g/mol. The Bertz CT molecular complexity index is 835. The molecule has 1 aromatic rings. The quantitative estimate of drug-likeness (QED) is 0.410. The van der Waals surface area contributed by atoms with Gasteiger partial charge in [-0.05, 0) is 38.8 Å². The van der Waals surface area contributed by atoms with E-state index in [9.17, 15) is 24.8 Å². The summed E-state index contributed by atoms with van der Waals surface area (Å²) in [6, 6.07) is 0.697. The van der Waals surface area contributed by atoms with Gasteiger partial charge in [0.15, 0.2) is 0 Å². The summed E-state index contributed by atoms with van der Waals surface area (Å²) < 4.78 is 10.6. The van der Waals surface area contributed by atoms with Crippen LogP contribution in [0.3, 0.4) is 0 Å². The lowest BCUT2D eigenvalue weighted by molar-refractivity contribution is -0.398. The summed E-state index contributed by atoms with van der Waals surface area (Å²) in [6.45, 7) is 6.85. The Labute approximate surface area is 161 Å². The van der Waals surface area contributed by atoms with Crippen LogP contribution in [0.2, 0.25) is 0 Å². The molecule has 0 aromatic heterocycles. The first-order valence-electron chi connectivity index (χ1n) is 8.80. The fourth-order valence-corrected chi connectivity index (χ4v) is 2.72. The molecule has 28 heavy (non-hydrogen) atoms. The highest BCUT2D eigenvalue weighted by Crippen LogP contribution is 2.39. The molecule has 2 atom stereocenters. The van der Waals surface area contributed by atoms with Gasteiger partial charge in [-0.25, -0.2) is 9.59 Å². The van der Waals surface area contributed by atoms with Crippen LogP contribution < -0.4 is 20.5 Å². The lowest BCUT2D eigenvalue weighted by Crippen LogP contribution is -2.45. The van der Waals surface area contributed by atoms with Gasteiger partial charge in [-0.3, -0.25) is 10.1 Å². The maximum atomic E-state index is 12.7. The number of nitrogens with one attached hydrogen (secondary N) is 2. The number of benzene rings is 1. The van der Waals surface area contributed by atoms with Crippen molar-refractivity contribution in [2.24, 2.45) is 0 Å². The van der Waals surface area contributed by atoms with E-state index >= 15 is 0 Å². The SMILES string of the molecule is CCOc1cc([C@H]2NC(=O)NC(C)=C2C(=O)O[C@@H](C)CC)cc([N+](=O)[O-])c1[O-]. The molecule has 2 rings (SSSR count). The van der Waals surface area contributed by atoms with Crippen LogP contribution in [0.5, 0.6) is 11.5 Å². The first-order chi connectivity index (χ1) is 13.2. The number of hydrogen-bond acceptors (Lipinski definition) is 7. The smallest absolute Gasteiger partial charge is 0.338 e. The van der Waals surface area contributed by atoms with Gasteiger partial charge in [0.2, 0.25) is 0 Å². The molecule has 1 aliphatic rings. The molecule has 0 saturated heterocycles. The number of rotatable bonds is 7. The maximum Gasteiger partial charge on any atom is 0.338 e. The molecule has 1 heterocycles. The van der Waals surface area contributed by atoms with Gasteiger partial charge in [0.1, 0.15) is 5.75 Å². The Kier molecular flexibility index (Phi) is 6.45. The third-order valence-electron chi connectivity index (χ3n) is 4.26. The van der Waals surface area contributed by atoms with Crippen molar-refractivity contribution in [3.8, 4) is 11.5 Å². The van der Waals surface area contributed by atoms with E-state index in [-0.39, 0.29) is 35.3 Å². The van der Waals surface area contributed by atoms with E-state index in [4.69, 9.17) is 9.47 Å². The topological polar surface area (TPSA) is 143 Å². The number of urea groups is 1. The third-order valence-corrected chi connectivity index (χ3v) is 4.26. The number of allylic oxidation sites excluding steroid dienone is 1. The summed E-state index contributed by atoms with van der Waals surface area (Å²) >= 11 is 0. The molecule has 0 saturated carbocycles. The van der Waals surface area contributed by atoms with Crippen molar-refractivity contribution in [1.82, 2.24) is 10.6 Å². The van der Waals surface area contributed by atoms with Crippen LogP contribution in [0, 0.1) is 10.1 Å². The minimum Gasteiger partial charge on any atom is -0.865 e. The molecular formula is C18H22N3O7-. The lowest BCUT2D eigenvalue weighted by Gasteiger charge is -2.29. The number of nitrogens with zero attached hydrogens (tertiary/aromatic N) is 1. The Balaban J connectivity index is 2.58. The van der Waals surface area contributed by atoms with Gasteiger partial charge in [0, 0.05) is 17.5 Å². The van der Waals surface area contributed by atoms with E-state index in [1.807, 2.05) is 6.92 Å². The number of carbonyl (C=O) groups excluding carboxylic acids is 2. The first kappa shape index (κ1) is 21.0. The van der Waals surface area contributed by atoms with Crippen molar-refractivity contribution in [3.05, 3.63) is 39.1 Å². The van der Waals surface area contributed by atoms with Crippen LogP contribution in [0.15, 0.2) is 23.4 Å². The van der Waals surface area contributed by atoms with E-state index in [1.165, 1.54) is 13.0 Å². The van der Waals surface area contributed by atoms with Gasteiger partial charge in [-0.2, -0.15) is 0 Å². The fraction of sp³-hybridized carbons (Fsp3) is 0.444. The molecule has 0 spiro atoms.